The molecule has 19 heavy (non-hydrogen) atoms. The lowest BCUT2D eigenvalue weighted by Gasteiger charge is -2.29. The van der Waals surface area contributed by atoms with Gasteiger partial charge in [-0.15, -0.1) is 0 Å². The summed E-state index contributed by atoms with van der Waals surface area (Å²) < 4.78 is 0.797. The highest BCUT2D eigenvalue weighted by molar-refractivity contribution is 5.21. The van der Waals surface area contributed by atoms with Crippen LogP contribution in [0, 0.1) is 0 Å². The number of hydrogen-bond donors (Lipinski definition) is 3. The molecule has 0 aliphatic heterocycles. The summed E-state index contributed by atoms with van der Waals surface area (Å²) in [5, 5.41) is 17.9. The molecule has 1 rings (SSSR count). The number of hydrogen-bond acceptors (Lipinski definition) is 2. The maximum Gasteiger partial charge on any atom is 0.104 e. The Labute approximate surface area is 116 Å². The van der Waals surface area contributed by atoms with E-state index in [1.807, 2.05) is 0 Å². The average Bonchev–Trinajstić information content (AvgIpc) is 2.31. The van der Waals surface area contributed by atoms with Gasteiger partial charge in [0, 0.05) is 11.1 Å². The minimum absolute atomic E-state index is 0.223. The Morgan fingerprint density at radius 2 is 1.58 bits per heavy atom. The fourth-order valence-electron chi connectivity index (χ4n) is 2.23. The van der Waals surface area contributed by atoms with E-state index in [-0.39, 0.29) is 13.2 Å². The van der Waals surface area contributed by atoms with Gasteiger partial charge in [-0.25, -0.2) is 0 Å². The van der Waals surface area contributed by atoms with Gasteiger partial charge in [0.2, 0.25) is 0 Å². The quantitative estimate of drug-likeness (QED) is 0.544. The number of likely N-dealkylation sites (N-methyl/N-ethyl adjacent to an activating group) is 2. The summed E-state index contributed by atoms with van der Waals surface area (Å²) in [5.41, 5.74) is 2.59. The molecule has 4 nitrogen and oxygen atoms in total. The Morgan fingerprint density at radius 1 is 1.00 bits per heavy atom. The lowest BCUT2D eigenvalue weighted by Crippen LogP contribution is -3.08. The Hall–Kier alpha value is -0.940. The molecule has 3 N–H and O–H groups in total. The second kappa shape index (κ2) is 7.60. The fourth-order valence-corrected chi connectivity index (χ4v) is 2.23. The molecule has 1 aromatic carbocycles. The molecule has 0 bridgehead atoms. The SMILES string of the molecule is C[NH+](CCO)Cc1ccc(C[N+](C)(C)CCO)cc1. The van der Waals surface area contributed by atoms with Crippen LogP contribution in [0.15, 0.2) is 24.3 Å². The van der Waals surface area contributed by atoms with Gasteiger partial charge in [0.05, 0.1) is 34.4 Å². The molecule has 108 valence electrons. The third-order valence-electron chi connectivity index (χ3n) is 3.38. The van der Waals surface area contributed by atoms with Crippen molar-refractivity contribution >= 4 is 0 Å². The number of benzene rings is 1. The van der Waals surface area contributed by atoms with E-state index in [1.54, 1.807) is 0 Å². The van der Waals surface area contributed by atoms with E-state index in [9.17, 15) is 0 Å². The van der Waals surface area contributed by atoms with E-state index < -0.39 is 0 Å². The summed E-state index contributed by atoms with van der Waals surface area (Å²) in [6.45, 7) is 3.88. The standard InChI is InChI=1S/C15H27N2O2/c1-16(8-10-18)12-14-4-6-15(7-5-14)13-17(2,3)9-11-19/h4-7,18-19H,8-13H2,1-3H3/q+1/p+1. The summed E-state index contributed by atoms with van der Waals surface area (Å²) in [7, 11) is 6.35. The first-order valence-electron chi connectivity index (χ1n) is 6.89. The van der Waals surface area contributed by atoms with E-state index in [1.165, 1.54) is 16.0 Å². The molecular weight excluding hydrogens is 240 g/mol. The van der Waals surface area contributed by atoms with Gasteiger partial charge in [0.1, 0.15) is 26.2 Å². The van der Waals surface area contributed by atoms with E-state index in [0.717, 1.165) is 30.7 Å². The normalized spacial score (nSPS) is 13.5. The number of rotatable bonds is 8. The predicted molar refractivity (Wildman–Crippen MR) is 76.8 cm³/mol. The first-order chi connectivity index (χ1) is 8.96. The van der Waals surface area contributed by atoms with Crippen LogP contribution < -0.4 is 4.90 Å². The van der Waals surface area contributed by atoms with Crippen molar-refractivity contribution in [3.8, 4) is 0 Å². The lowest BCUT2D eigenvalue weighted by molar-refractivity contribution is -0.903. The molecule has 0 heterocycles. The lowest BCUT2D eigenvalue weighted by atomic mass is 10.1. The molecule has 0 radical (unpaired) electrons. The summed E-state index contributed by atoms with van der Waals surface area (Å²) in [6, 6.07) is 8.65. The summed E-state index contributed by atoms with van der Waals surface area (Å²) in [6.07, 6.45) is 0. The van der Waals surface area contributed by atoms with Crippen molar-refractivity contribution in [3.63, 3.8) is 0 Å². The Balaban J connectivity index is 2.56. The van der Waals surface area contributed by atoms with Crippen LogP contribution in [0.1, 0.15) is 11.1 Å². The fraction of sp³-hybridized carbons (Fsp3) is 0.600. The third kappa shape index (κ3) is 6.16. The van der Waals surface area contributed by atoms with Crippen LogP contribution in [0.3, 0.4) is 0 Å². The van der Waals surface area contributed by atoms with Gasteiger partial charge in [-0.2, -0.15) is 0 Å². The Bertz CT molecular complexity index is 363. The maximum atomic E-state index is 9.03. The topological polar surface area (TPSA) is 44.9 Å². The molecular formula is C15H28N2O2+2. The summed E-state index contributed by atoms with van der Waals surface area (Å²) >= 11 is 0. The zero-order valence-electron chi connectivity index (χ0n) is 12.4. The van der Waals surface area contributed by atoms with Crippen LogP contribution in [0.2, 0.25) is 0 Å². The van der Waals surface area contributed by atoms with Crippen LogP contribution >= 0.6 is 0 Å². The van der Waals surface area contributed by atoms with Crippen LogP contribution in [0.5, 0.6) is 0 Å². The maximum absolute atomic E-state index is 9.03. The van der Waals surface area contributed by atoms with Gasteiger partial charge in [-0.3, -0.25) is 0 Å². The number of nitrogens with zero attached hydrogens (tertiary/aromatic N) is 1. The van der Waals surface area contributed by atoms with E-state index in [0.29, 0.717) is 0 Å². The Kier molecular flexibility index (Phi) is 6.45. The molecule has 0 amide bonds. The third-order valence-corrected chi connectivity index (χ3v) is 3.38. The van der Waals surface area contributed by atoms with Crippen molar-refractivity contribution in [3.05, 3.63) is 35.4 Å². The molecule has 1 aromatic rings. The molecule has 1 unspecified atom stereocenters. The predicted octanol–water partition coefficient (Wildman–Crippen LogP) is -0.738. The zero-order valence-corrected chi connectivity index (χ0v) is 12.4. The van der Waals surface area contributed by atoms with Crippen LogP contribution in [0.4, 0.5) is 0 Å². The van der Waals surface area contributed by atoms with Crippen LogP contribution in [-0.4, -0.2) is 62.1 Å². The monoisotopic (exact) mass is 268 g/mol. The second-order valence-electron chi connectivity index (χ2n) is 5.97. The van der Waals surface area contributed by atoms with Crippen molar-refractivity contribution in [2.45, 2.75) is 13.1 Å². The first-order valence-corrected chi connectivity index (χ1v) is 6.89. The molecule has 0 aliphatic carbocycles. The summed E-state index contributed by atoms with van der Waals surface area (Å²) in [5.74, 6) is 0. The van der Waals surface area contributed by atoms with Gasteiger partial charge in [-0.05, 0) is 0 Å². The molecule has 0 spiro atoms. The second-order valence-corrected chi connectivity index (χ2v) is 5.97. The number of quaternary nitrogens is 2. The highest BCUT2D eigenvalue weighted by Gasteiger charge is 2.14. The van der Waals surface area contributed by atoms with Gasteiger partial charge >= 0.3 is 0 Å². The largest absolute Gasteiger partial charge is 0.391 e. The van der Waals surface area contributed by atoms with Crippen molar-refractivity contribution in [1.29, 1.82) is 0 Å². The molecule has 4 heteroatoms. The Morgan fingerprint density at radius 3 is 2.11 bits per heavy atom. The van der Waals surface area contributed by atoms with E-state index in [4.69, 9.17) is 10.2 Å². The van der Waals surface area contributed by atoms with Crippen molar-refractivity contribution < 1.29 is 19.6 Å². The smallest absolute Gasteiger partial charge is 0.104 e. The number of aliphatic hydroxyl groups is 2. The van der Waals surface area contributed by atoms with E-state index in [2.05, 4.69) is 45.4 Å². The van der Waals surface area contributed by atoms with Gasteiger partial charge in [-0.1, -0.05) is 24.3 Å². The van der Waals surface area contributed by atoms with Crippen molar-refractivity contribution in [1.82, 2.24) is 0 Å². The van der Waals surface area contributed by atoms with Crippen molar-refractivity contribution in [2.75, 3.05) is 47.4 Å². The molecule has 0 aromatic heterocycles. The van der Waals surface area contributed by atoms with Gasteiger partial charge in [0.25, 0.3) is 0 Å². The van der Waals surface area contributed by atoms with E-state index >= 15 is 0 Å². The first kappa shape index (κ1) is 16.1. The highest BCUT2D eigenvalue weighted by Crippen LogP contribution is 2.10. The molecule has 0 saturated heterocycles. The zero-order chi connectivity index (χ0) is 14.3. The molecule has 0 aliphatic rings. The number of nitrogens with one attached hydrogen (secondary N) is 1. The van der Waals surface area contributed by atoms with Gasteiger partial charge in [0.15, 0.2) is 0 Å². The average molecular weight is 268 g/mol. The molecule has 0 fully saturated rings. The number of aliphatic hydroxyl groups excluding tert-OH is 2. The van der Waals surface area contributed by atoms with Crippen molar-refractivity contribution in [2.24, 2.45) is 0 Å². The van der Waals surface area contributed by atoms with Crippen LogP contribution in [-0.2, 0) is 13.1 Å². The van der Waals surface area contributed by atoms with Gasteiger partial charge < -0.3 is 19.6 Å². The van der Waals surface area contributed by atoms with Crippen LogP contribution in [0.25, 0.3) is 0 Å². The highest BCUT2D eigenvalue weighted by atomic mass is 16.3. The minimum atomic E-state index is 0.223. The molecule has 1 atom stereocenters. The molecule has 0 saturated carbocycles. The summed E-state index contributed by atoms with van der Waals surface area (Å²) in [4.78, 5) is 1.31. The minimum Gasteiger partial charge on any atom is -0.391 e.